The van der Waals surface area contributed by atoms with Gasteiger partial charge in [0.25, 0.3) is 11.6 Å². The number of rotatable bonds is 4. The van der Waals surface area contributed by atoms with E-state index in [2.05, 4.69) is 11.1 Å². The van der Waals surface area contributed by atoms with Crippen LogP contribution in [-0.4, -0.2) is 10.8 Å². The van der Waals surface area contributed by atoms with Gasteiger partial charge in [-0.2, -0.15) is 0 Å². The lowest BCUT2D eigenvalue weighted by molar-refractivity contribution is -0.384. The quantitative estimate of drug-likeness (QED) is 0.649. The second-order valence-electron chi connectivity index (χ2n) is 4.31. The Kier molecular flexibility index (Phi) is 4.07. The highest BCUT2D eigenvalue weighted by molar-refractivity contribution is 5.94. The van der Waals surface area contributed by atoms with Crippen LogP contribution in [0.5, 0.6) is 0 Å². The fourth-order valence-electron chi connectivity index (χ4n) is 1.78. The van der Waals surface area contributed by atoms with E-state index in [4.69, 9.17) is 0 Å². The standard InChI is InChI=1S/C14H13N3O3/c15-12-5-1-3-10(7-12)9-16-14(18)11-4-2-6-13(8-11)17(19)20/h1-8H,9,15H2,(H,16,18)/p+1. The maximum Gasteiger partial charge on any atom is 0.270 e. The van der Waals surface area contributed by atoms with Crippen molar-refractivity contribution in [2.24, 2.45) is 0 Å². The van der Waals surface area contributed by atoms with Gasteiger partial charge in [-0.15, -0.1) is 0 Å². The normalized spacial score (nSPS) is 10.1. The number of nitrogens with one attached hydrogen (secondary N) is 1. The van der Waals surface area contributed by atoms with Crippen LogP contribution in [0.1, 0.15) is 15.9 Å². The van der Waals surface area contributed by atoms with E-state index in [1.54, 1.807) is 6.07 Å². The average molecular weight is 272 g/mol. The van der Waals surface area contributed by atoms with Gasteiger partial charge in [-0.25, -0.2) is 0 Å². The molecule has 0 unspecified atom stereocenters. The van der Waals surface area contributed by atoms with E-state index in [0.717, 1.165) is 11.3 Å². The molecule has 0 aliphatic rings. The Hall–Kier alpha value is -2.73. The van der Waals surface area contributed by atoms with E-state index < -0.39 is 4.92 Å². The molecule has 2 rings (SSSR count). The Labute approximate surface area is 115 Å². The molecule has 0 saturated carbocycles. The molecule has 0 aliphatic carbocycles. The first-order chi connectivity index (χ1) is 9.56. The largest absolute Gasteiger partial charge is 0.348 e. The molecule has 6 heteroatoms. The van der Waals surface area contributed by atoms with E-state index in [1.807, 2.05) is 24.3 Å². The molecule has 1 amide bonds. The minimum atomic E-state index is -0.525. The van der Waals surface area contributed by atoms with Crippen molar-refractivity contribution in [3.63, 3.8) is 0 Å². The molecule has 6 nitrogen and oxygen atoms in total. The van der Waals surface area contributed by atoms with Crippen molar-refractivity contribution in [2.75, 3.05) is 0 Å². The van der Waals surface area contributed by atoms with Gasteiger partial charge in [-0.3, -0.25) is 14.9 Å². The molecule has 102 valence electrons. The van der Waals surface area contributed by atoms with Crippen LogP contribution >= 0.6 is 0 Å². The summed E-state index contributed by atoms with van der Waals surface area (Å²) in [5.41, 5.74) is 5.77. The number of nitro benzene ring substituents is 1. The smallest absolute Gasteiger partial charge is 0.270 e. The number of carbonyl (C=O) groups excluding carboxylic acids is 1. The fourth-order valence-corrected chi connectivity index (χ4v) is 1.78. The molecule has 4 N–H and O–H groups in total. The minimum Gasteiger partial charge on any atom is -0.348 e. The molecule has 2 aromatic rings. The first kappa shape index (κ1) is 13.7. The van der Waals surface area contributed by atoms with E-state index in [-0.39, 0.29) is 17.2 Å². The third-order valence-corrected chi connectivity index (χ3v) is 2.76. The molecule has 2 aromatic carbocycles. The summed E-state index contributed by atoms with van der Waals surface area (Å²) >= 11 is 0. The summed E-state index contributed by atoms with van der Waals surface area (Å²) in [5, 5.41) is 13.4. The number of benzene rings is 2. The number of amides is 1. The monoisotopic (exact) mass is 272 g/mol. The molecule has 0 radical (unpaired) electrons. The zero-order valence-electron chi connectivity index (χ0n) is 10.7. The number of hydrogen-bond donors (Lipinski definition) is 2. The fraction of sp³-hybridized carbons (Fsp3) is 0.0714. The molecule has 0 atom stereocenters. The molecular formula is C14H14N3O3+. The molecule has 0 heterocycles. The van der Waals surface area contributed by atoms with Crippen LogP contribution in [0.25, 0.3) is 0 Å². The SMILES string of the molecule is [NH3+]c1cccc(CNC(=O)c2cccc([N+](=O)[O-])c2)c1. The van der Waals surface area contributed by atoms with Crippen LogP contribution in [0, 0.1) is 10.1 Å². The minimum absolute atomic E-state index is 0.0996. The number of hydrogen-bond acceptors (Lipinski definition) is 3. The van der Waals surface area contributed by atoms with Crippen LogP contribution in [0.2, 0.25) is 0 Å². The molecule has 0 saturated heterocycles. The Bertz CT molecular complexity index is 656. The Morgan fingerprint density at radius 2 is 1.95 bits per heavy atom. The van der Waals surface area contributed by atoms with Gasteiger partial charge in [-0.1, -0.05) is 18.2 Å². The summed E-state index contributed by atoms with van der Waals surface area (Å²) in [6.07, 6.45) is 0. The Morgan fingerprint density at radius 3 is 2.65 bits per heavy atom. The summed E-state index contributed by atoms with van der Waals surface area (Å²) in [5.74, 6) is -0.344. The lowest BCUT2D eigenvalue weighted by Gasteiger charge is -2.05. The molecule has 0 fully saturated rings. The molecule has 0 bridgehead atoms. The van der Waals surface area contributed by atoms with Gasteiger partial charge < -0.3 is 11.1 Å². The van der Waals surface area contributed by atoms with E-state index in [0.29, 0.717) is 6.54 Å². The highest BCUT2D eigenvalue weighted by Crippen LogP contribution is 2.13. The maximum atomic E-state index is 11.9. The molecule has 0 aliphatic heterocycles. The van der Waals surface area contributed by atoms with Crippen molar-refractivity contribution >= 4 is 17.3 Å². The van der Waals surface area contributed by atoms with Crippen molar-refractivity contribution in [2.45, 2.75) is 6.54 Å². The predicted molar refractivity (Wildman–Crippen MR) is 73.3 cm³/mol. The molecule has 0 spiro atoms. The van der Waals surface area contributed by atoms with Crippen molar-refractivity contribution in [3.8, 4) is 0 Å². The summed E-state index contributed by atoms with van der Waals surface area (Å²) in [4.78, 5) is 22.1. The average Bonchev–Trinajstić information content (AvgIpc) is 2.45. The van der Waals surface area contributed by atoms with Gasteiger partial charge in [0.1, 0.15) is 5.69 Å². The third kappa shape index (κ3) is 3.39. The Morgan fingerprint density at radius 1 is 1.20 bits per heavy atom. The summed E-state index contributed by atoms with van der Waals surface area (Å²) in [6.45, 7) is 0.352. The second-order valence-corrected chi connectivity index (χ2v) is 4.31. The molecular weight excluding hydrogens is 258 g/mol. The van der Waals surface area contributed by atoms with E-state index in [1.165, 1.54) is 18.2 Å². The van der Waals surface area contributed by atoms with Gasteiger partial charge in [-0.05, 0) is 17.7 Å². The van der Waals surface area contributed by atoms with Crippen LogP contribution in [0.15, 0.2) is 48.5 Å². The number of nitrogens with zero attached hydrogens (tertiary/aromatic N) is 1. The Balaban J connectivity index is 2.05. The third-order valence-electron chi connectivity index (χ3n) is 2.76. The number of carbonyl (C=O) groups is 1. The number of nitro groups is 1. The lowest BCUT2D eigenvalue weighted by Crippen LogP contribution is -2.40. The second kappa shape index (κ2) is 5.94. The van der Waals surface area contributed by atoms with E-state index in [9.17, 15) is 14.9 Å². The zero-order chi connectivity index (χ0) is 14.5. The van der Waals surface area contributed by atoms with Crippen LogP contribution in [0.4, 0.5) is 11.4 Å². The highest BCUT2D eigenvalue weighted by Gasteiger charge is 2.11. The summed E-state index contributed by atoms with van der Waals surface area (Å²) < 4.78 is 0. The van der Waals surface area contributed by atoms with E-state index >= 15 is 0 Å². The lowest BCUT2D eigenvalue weighted by atomic mass is 10.1. The highest BCUT2D eigenvalue weighted by atomic mass is 16.6. The van der Waals surface area contributed by atoms with Gasteiger partial charge in [0.05, 0.1) is 4.92 Å². The summed E-state index contributed by atoms with van der Waals surface area (Å²) in [6, 6.07) is 13.1. The van der Waals surface area contributed by atoms with Crippen LogP contribution < -0.4 is 11.1 Å². The topological polar surface area (TPSA) is 99.9 Å². The molecule has 20 heavy (non-hydrogen) atoms. The number of quaternary nitrogens is 1. The van der Waals surface area contributed by atoms with Gasteiger partial charge in [0.2, 0.25) is 0 Å². The van der Waals surface area contributed by atoms with Gasteiger partial charge >= 0.3 is 0 Å². The first-order valence-electron chi connectivity index (χ1n) is 6.00. The van der Waals surface area contributed by atoms with Crippen LogP contribution in [-0.2, 0) is 6.54 Å². The van der Waals surface area contributed by atoms with Crippen LogP contribution in [0.3, 0.4) is 0 Å². The predicted octanol–water partition coefficient (Wildman–Crippen LogP) is 1.40. The van der Waals surface area contributed by atoms with Gasteiger partial charge in [0.15, 0.2) is 0 Å². The van der Waals surface area contributed by atoms with Crippen molar-refractivity contribution < 1.29 is 15.5 Å². The number of non-ortho nitro benzene ring substituents is 1. The van der Waals surface area contributed by atoms with Crippen molar-refractivity contribution in [1.29, 1.82) is 0 Å². The molecule has 0 aromatic heterocycles. The summed E-state index contributed by atoms with van der Waals surface area (Å²) in [7, 11) is 0. The van der Waals surface area contributed by atoms with Crippen molar-refractivity contribution in [3.05, 3.63) is 69.8 Å². The van der Waals surface area contributed by atoms with Crippen molar-refractivity contribution in [1.82, 2.24) is 5.32 Å². The maximum absolute atomic E-state index is 11.9. The first-order valence-corrected chi connectivity index (χ1v) is 6.00. The van der Waals surface area contributed by atoms with Gasteiger partial charge in [0, 0.05) is 30.3 Å². The zero-order valence-corrected chi connectivity index (χ0v) is 10.7.